The van der Waals surface area contributed by atoms with Crippen LogP contribution in [0.25, 0.3) is 0 Å². The molecule has 1 aliphatic rings. The molecule has 1 aliphatic carbocycles. The maximum absolute atomic E-state index is 12.3. The number of nitrogens with zero attached hydrogens (tertiary/aromatic N) is 2. The van der Waals surface area contributed by atoms with Crippen molar-refractivity contribution in [2.75, 3.05) is 13.7 Å². The molecule has 0 fully saturated rings. The fraction of sp³-hybridized carbons (Fsp3) is 0.444. The van der Waals surface area contributed by atoms with Crippen molar-refractivity contribution in [3.05, 3.63) is 41.7 Å². The molecule has 146 valence electrons. The summed E-state index contributed by atoms with van der Waals surface area (Å²) in [5.41, 5.74) is 2.20. The largest absolute Gasteiger partial charge is 0.497 e. The lowest BCUT2D eigenvalue weighted by molar-refractivity contribution is -0.121. The molecule has 0 saturated heterocycles. The minimum absolute atomic E-state index is 0.0345. The molecule has 9 heteroatoms. The lowest BCUT2D eigenvalue weighted by Crippen LogP contribution is -2.34. The number of amides is 1. The Morgan fingerprint density at radius 2 is 2.07 bits per heavy atom. The zero-order chi connectivity index (χ0) is 19.4. The van der Waals surface area contributed by atoms with Crippen LogP contribution in [0, 0.1) is 0 Å². The molecule has 2 N–H and O–H groups in total. The fourth-order valence-electron chi connectivity index (χ4n) is 3.26. The van der Waals surface area contributed by atoms with Gasteiger partial charge in [0.15, 0.2) is 0 Å². The average Bonchev–Trinajstić information content (AvgIpc) is 3.04. The molecule has 1 heterocycles. The minimum atomic E-state index is -3.66. The van der Waals surface area contributed by atoms with E-state index in [-0.39, 0.29) is 29.8 Å². The van der Waals surface area contributed by atoms with Crippen LogP contribution in [-0.2, 0) is 28.3 Å². The number of hydrogen-bond donors (Lipinski definition) is 2. The summed E-state index contributed by atoms with van der Waals surface area (Å²) >= 11 is 0. The summed E-state index contributed by atoms with van der Waals surface area (Å²) < 4.78 is 33.9. The van der Waals surface area contributed by atoms with Gasteiger partial charge in [0.25, 0.3) is 0 Å². The van der Waals surface area contributed by atoms with Gasteiger partial charge in [0, 0.05) is 31.3 Å². The molecule has 0 spiro atoms. The van der Waals surface area contributed by atoms with Gasteiger partial charge in [-0.3, -0.25) is 9.48 Å². The molecule has 1 amide bonds. The monoisotopic (exact) mass is 392 g/mol. The number of fused-ring (bicyclic) bond motifs is 1. The third-order valence-corrected chi connectivity index (χ3v) is 6.20. The van der Waals surface area contributed by atoms with Crippen LogP contribution in [0.2, 0.25) is 0 Å². The number of rotatable bonds is 7. The first-order valence-corrected chi connectivity index (χ1v) is 10.3. The molecule has 3 rings (SSSR count). The van der Waals surface area contributed by atoms with E-state index in [9.17, 15) is 13.2 Å². The van der Waals surface area contributed by atoms with E-state index in [2.05, 4.69) is 15.1 Å². The Hall–Kier alpha value is -2.39. The van der Waals surface area contributed by atoms with Gasteiger partial charge < -0.3 is 10.1 Å². The van der Waals surface area contributed by atoms with Gasteiger partial charge in [-0.1, -0.05) is 0 Å². The first-order chi connectivity index (χ1) is 12.9. The molecule has 0 unspecified atom stereocenters. The van der Waals surface area contributed by atoms with Crippen molar-refractivity contribution in [1.29, 1.82) is 0 Å². The molecule has 0 aliphatic heterocycles. The number of carbonyl (C=O) groups excluding carboxylic acids is 1. The van der Waals surface area contributed by atoms with Crippen LogP contribution < -0.4 is 14.8 Å². The van der Waals surface area contributed by atoms with Crippen molar-refractivity contribution in [2.24, 2.45) is 7.05 Å². The minimum Gasteiger partial charge on any atom is -0.497 e. The molecule has 0 bridgehead atoms. The Labute approximate surface area is 159 Å². The zero-order valence-electron chi connectivity index (χ0n) is 15.4. The van der Waals surface area contributed by atoms with Crippen LogP contribution in [0.15, 0.2) is 35.4 Å². The van der Waals surface area contributed by atoms with Gasteiger partial charge in [-0.05, 0) is 43.5 Å². The summed E-state index contributed by atoms with van der Waals surface area (Å²) in [6.07, 6.45) is 4.68. The highest BCUT2D eigenvalue weighted by Crippen LogP contribution is 2.29. The van der Waals surface area contributed by atoms with Gasteiger partial charge in [-0.15, -0.1) is 0 Å². The average molecular weight is 392 g/mol. The van der Waals surface area contributed by atoms with E-state index in [0.717, 1.165) is 30.5 Å². The first kappa shape index (κ1) is 19.4. The van der Waals surface area contributed by atoms with E-state index in [1.54, 1.807) is 18.3 Å². The number of carbonyl (C=O) groups is 1. The summed E-state index contributed by atoms with van der Waals surface area (Å²) in [6, 6.07) is 6.03. The summed E-state index contributed by atoms with van der Waals surface area (Å²) in [4.78, 5) is 12.4. The SMILES string of the molecule is COc1ccc(S(=O)(=O)NCCC(=O)N[C@H]2CCCc3c2cnn3C)cc1. The summed E-state index contributed by atoms with van der Waals surface area (Å²) in [5.74, 6) is 0.393. The number of aryl methyl sites for hydroxylation is 1. The standard InChI is InChI=1S/C18H24N4O4S/c1-22-17-5-3-4-16(15(17)12-19-22)21-18(23)10-11-20-27(24,25)14-8-6-13(26-2)7-9-14/h6-9,12,16,20H,3-5,10-11H2,1-2H3,(H,21,23)/t16-/m0/s1. The van der Waals surface area contributed by atoms with E-state index < -0.39 is 10.0 Å². The number of hydrogen-bond acceptors (Lipinski definition) is 5. The lowest BCUT2D eigenvalue weighted by atomic mass is 9.93. The molecule has 1 aromatic heterocycles. The number of ether oxygens (including phenoxy) is 1. The smallest absolute Gasteiger partial charge is 0.240 e. The second kappa shape index (κ2) is 8.10. The second-order valence-electron chi connectivity index (χ2n) is 6.51. The number of benzene rings is 1. The molecule has 1 aromatic carbocycles. The highest BCUT2D eigenvalue weighted by atomic mass is 32.2. The highest BCUT2D eigenvalue weighted by Gasteiger charge is 2.24. The van der Waals surface area contributed by atoms with E-state index >= 15 is 0 Å². The number of sulfonamides is 1. The molecule has 0 radical (unpaired) electrons. The number of methoxy groups -OCH3 is 1. The van der Waals surface area contributed by atoms with E-state index in [0.29, 0.717) is 5.75 Å². The number of aromatic nitrogens is 2. The topological polar surface area (TPSA) is 102 Å². The number of nitrogens with one attached hydrogen (secondary N) is 2. The third-order valence-electron chi connectivity index (χ3n) is 4.72. The van der Waals surface area contributed by atoms with Crippen LogP contribution in [0.4, 0.5) is 0 Å². The second-order valence-corrected chi connectivity index (χ2v) is 8.27. The molecular formula is C18H24N4O4S. The predicted molar refractivity (Wildman–Crippen MR) is 99.8 cm³/mol. The third kappa shape index (κ3) is 4.48. The Morgan fingerprint density at radius 3 is 2.78 bits per heavy atom. The van der Waals surface area contributed by atoms with Gasteiger partial charge in [-0.25, -0.2) is 13.1 Å². The van der Waals surface area contributed by atoms with Crippen LogP contribution in [0.1, 0.15) is 36.6 Å². The molecule has 27 heavy (non-hydrogen) atoms. The van der Waals surface area contributed by atoms with Crippen molar-refractivity contribution in [2.45, 2.75) is 36.6 Å². The van der Waals surface area contributed by atoms with E-state index in [1.165, 1.54) is 19.2 Å². The Balaban J connectivity index is 1.52. The maximum atomic E-state index is 12.3. The fourth-order valence-corrected chi connectivity index (χ4v) is 4.29. The Morgan fingerprint density at radius 1 is 1.33 bits per heavy atom. The van der Waals surface area contributed by atoms with E-state index in [4.69, 9.17) is 4.74 Å². The first-order valence-electron chi connectivity index (χ1n) is 8.84. The molecule has 2 aromatic rings. The van der Waals surface area contributed by atoms with Crippen LogP contribution in [0.3, 0.4) is 0 Å². The highest BCUT2D eigenvalue weighted by molar-refractivity contribution is 7.89. The molecule has 0 saturated carbocycles. The van der Waals surface area contributed by atoms with Gasteiger partial charge in [0.1, 0.15) is 5.75 Å². The predicted octanol–water partition coefficient (Wildman–Crippen LogP) is 1.29. The van der Waals surface area contributed by atoms with Crippen molar-refractivity contribution in [3.63, 3.8) is 0 Å². The van der Waals surface area contributed by atoms with E-state index in [1.807, 2.05) is 11.7 Å². The summed E-state index contributed by atoms with van der Waals surface area (Å²) in [5, 5.41) is 7.25. The molecular weight excluding hydrogens is 368 g/mol. The van der Waals surface area contributed by atoms with Crippen molar-refractivity contribution < 1.29 is 17.9 Å². The summed E-state index contributed by atoms with van der Waals surface area (Å²) in [7, 11) is -0.243. The van der Waals surface area contributed by atoms with Gasteiger partial charge in [0.2, 0.25) is 15.9 Å². The maximum Gasteiger partial charge on any atom is 0.240 e. The van der Waals surface area contributed by atoms with Crippen LogP contribution >= 0.6 is 0 Å². The van der Waals surface area contributed by atoms with Gasteiger partial charge in [-0.2, -0.15) is 5.10 Å². The summed E-state index contributed by atoms with van der Waals surface area (Å²) in [6.45, 7) is 0.0345. The van der Waals surface area contributed by atoms with Crippen molar-refractivity contribution in [3.8, 4) is 5.75 Å². The quantitative estimate of drug-likeness (QED) is 0.739. The lowest BCUT2D eigenvalue weighted by Gasteiger charge is -2.23. The van der Waals surface area contributed by atoms with Gasteiger partial charge in [0.05, 0.1) is 24.2 Å². The van der Waals surface area contributed by atoms with Crippen molar-refractivity contribution in [1.82, 2.24) is 19.8 Å². The Bertz CT molecular complexity index is 906. The molecule has 1 atom stereocenters. The van der Waals surface area contributed by atoms with Crippen LogP contribution in [-0.4, -0.2) is 37.8 Å². The van der Waals surface area contributed by atoms with Crippen molar-refractivity contribution >= 4 is 15.9 Å². The zero-order valence-corrected chi connectivity index (χ0v) is 16.3. The van der Waals surface area contributed by atoms with Gasteiger partial charge >= 0.3 is 0 Å². The molecule has 8 nitrogen and oxygen atoms in total. The Kier molecular flexibility index (Phi) is 5.81. The normalized spacial score (nSPS) is 16.6. The van der Waals surface area contributed by atoms with Crippen LogP contribution in [0.5, 0.6) is 5.75 Å².